The topological polar surface area (TPSA) is 60.2 Å². The Hall–Kier alpha value is -1.82. The number of nitrogens with two attached hydrogens (primary N) is 1. The van der Waals surface area contributed by atoms with Gasteiger partial charge in [0.2, 0.25) is 0 Å². The highest BCUT2D eigenvalue weighted by Crippen LogP contribution is 2.28. The molecule has 0 saturated carbocycles. The first-order valence-electron chi connectivity index (χ1n) is 5.97. The monoisotopic (exact) mass is 281 g/mol. The molecule has 0 fully saturated rings. The lowest BCUT2D eigenvalue weighted by Gasteiger charge is -2.11. The molecule has 0 aliphatic rings. The summed E-state index contributed by atoms with van der Waals surface area (Å²) in [5.74, 6) is -0.246. The van der Waals surface area contributed by atoms with Gasteiger partial charge in [-0.3, -0.25) is 0 Å². The Morgan fingerprint density at radius 3 is 2.89 bits per heavy atom. The first kappa shape index (κ1) is 13.6. The maximum Gasteiger partial charge on any atom is 0.167 e. The molecule has 0 amide bonds. The molecule has 4 nitrogen and oxygen atoms in total. The summed E-state index contributed by atoms with van der Waals surface area (Å²) in [6, 6.07) is 2.84. The summed E-state index contributed by atoms with van der Waals surface area (Å²) in [6.07, 6.45) is 1.82. The standard InChI is InChI=1S/C13H16FN3OS/c1-3-18-12-5-11(10(15)4-9(12)14)16-7-13-17-6-8(2)19-13/h4-6,16H,3,7,15H2,1-2H3. The predicted molar refractivity (Wildman–Crippen MR) is 76.2 cm³/mol. The number of nitrogen functional groups attached to an aromatic ring is 1. The number of anilines is 2. The van der Waals surface area contributed by atoms with Gasteiger partial charge in [0.15, 0.2) is 11.6 Å². The maximum atomic E-state index is 13.5. The summed E-state index contributed by atoms with van der Waals surface area (Å²) < 4.78 is 18.7. The van der Waals surface area contributed by atoms with Crippen LogP contribution in [-0.4, -0.2) is 11.6 Å². The SMILES string of the molecule is CCOc1cc(NCc2ncc(C)s2)c(N)cc1F. The van der Waals surface area contributed by atoms with E-state index in [1.54, 1.807) is 24.3 Å². The third-order valence-corrected chi connectivity index (χ3v) is 3.42. The molecule has 3 N–H and O–H groups in total. The zero-order valence-corrected chi connectivity index (χ0v) is 11.7. The minimum Gasteiger partial charge on any atom is -0.491 e. The molecule has 1 heterocycles. The number of rotatable bonds is 5. The second-order valence-electron chi connectivity index (χ2n) is 4.02. The van der Waals surface area contributed by atoms with Crippen LogP contribution in [0, 0.1) is 12.7 Å². The molecule has 1 aromatic heterocycles. The van der Waals surface area contributed by atoms with Crippen molar-refractivity contribution in [2.45, 2.75) is 20.4 Å². The summed E-state index contributed by atoms with van der Waals surface area (Å²) in [6.45, 7) is 4.77. The molecule has 0 aliphatic heterocycles. The van der Waals surface area contributed by atoms with Crippen molar-refractivity contribution in [2.24, 2.45) is 0 Å². The van der Waals surface area contributed by atoms with Crippen molar-refractivity contribution in [2.75, 3.05) is 17.7 Å². The van der Waals surface area contributed by atoms with Gasteiger partial charge in [0.05, 0.1) is 24.5 Å². The van der Waals surface area contributed by atoms with E-state index in [1.165, 1.54) is 6.07 Å². The lowest BCUT2D eigenvalue weighted by molar-refractivity contribution is 0.322. The molecule has 0 saturated heterocycles. The summed E-state index contributed by atoms with van der Waals surface area (Å²) in [4.78, 5) is 5.40. The molecule has 0 radical (unpaired) electrons. The number of ether oxygens (including phenoxy) is 1. The van der Waals surface area contributed by atoms with Crippen LogP contribution in [0.4, 0.5) is 15.8 Å². The number of thiazole rings is 1. The van der Waals surface area contributed by atoms with E-state index in [1.807, 2.05) is 13.1 Å². The van der Waals surface area contributed by atoms with Crippen LogP contribution >= 0.6 is 11.3 Å². The van der Waals surface area contributed by atoms with Gasteiger partial charge in [0.25, 0.3) is 0 Å². The average molecular weight is 281 g/mol. The van der Waals surface area contributed by atoms with Crippen LogP contribution in [0.1, 0.15) is 16.8 Å². The van der Waals surface area contributed by atoms with E-state index < -0.39 is 5.82 Å². The fourth-order valence-electron chi connectivity index (χ4n) is 1.64. The van der Waals surface area contributed by atoms with Gasteiger partial charge in [-0.15, -0.1) is 11.3 Å². The second-order valence-corrected chi connectivity index (χ2v) is 5.34. The van der Waals surface area contributed by atoms with Crippen LogP contribution in [-0.2, 0) is 6.54 Å². The van der Waals surface area contributed by atoms with Gasteiger partial charge in [-0.1, -0.05) is 0 Å². The number of nitrogens with zero attached hydrogens (tertiary/aromatic N) is 1. The molecule has 0 aliphatic carbocycles. The lowest BCUT2D eigenvalue weighted by atomic mass is 10.2. The van der Waals surface area contributed by atoms with Crippen molar-refractivity contribution < 1.29 is 9.13 Å². The van der Waals surface area contributed by atoms with Crippen LogP contribution in [0.5, 0.6) is 5.75 Å². The van der Waals surface area contributed by atoms with Gasteiger partial charge in [-0.2, -0.15) is 0 Å². The predicted octanol–water partition coefficient (Wildman–Crippen LogP) is 3.18. The quantitative estimate of drug-likeness (QED) is 0.826. The first-order valence-corrected chi connectivity index (χ1v) is 6.78. The normalized spacial score (nSPS) is 10.5. The minimum absolute atomic E-state index is 0.203. The number of nitrogens with one attached hydrogen (secondary N) is 1. The van der Waals surface area contributed by atoms with Crippen molar-refractivity contribution in [3.8, 4) is 5.75 Å². The molecule has 1 aromatic carbocycles. The van der Waals surface area contributed by atoms with Crippen LogP contribution in [0.25, 0.3) is 0 Å². The van der Waals surface area contributed by atoms with Crippen LogP contribution in [0.2, 0.25) is 0 Å². The van der Waals surface area contributed by atoms with Crippen molar-refractivity contribution in [1.82, 2.24) is 4.98 Å². The number of aryl methyl sites for hydroxylation is 1. The minimum atomic E-state index is -0.449. The number of hydrogen-bond donors (Lipinski definition) is 2. The molecular weight excluding hydrogens is 265 g/mol. The fourth-order valence-corrected chi connectivity index (χ4v) is 2.37. The van der Waals surface area contributed by atoms with Gasteiger partial charge in [-0.25, -0.2) is 9.37 Å². The number of hydrogen-bond acceptors (Lipinski definition) is 5. The van der Waals surface area contributed by atoms with Crippen molar-refractivity contribution >= 4 is 22.7 Å². The molecule has 2 rings (SSSR count). The van der Waals surface area contributed by atoms with Gasteiger partial charge in [0, 0.05) is 23.2 Å². The average Bonchev–Trinajstić information content (AvgIpc) is 2.77. The molecule has 0 spiro atoms. The summed E-state index contributed by atoms with van der Waals surface area (Å²) in [7, 11) is 0. The highest BCUT2D eigenvalue weighted by atomic mass is 32.1. The number of halogens is 1. The fraction of sp³-hybridized carbons (Fsp3) is 0.308. The van der Waals surface area contributed by atoms with Gasteiger partial charge >= 0.3 is 0 Å². The zero-order chi connectivity index (χ0) is 13.8. The Bertz CT molecular complexity index is 571. The molecule has 0 atom stereocenters. The van der Waals surface area contributed by atoms with Gasteiger partial charge in [-0.05, 0) is 13.8 Å². The number of benzene rings is 1. The number of aromatic nitrogens is 1. The molecule has 19 heavy (non-hydrogen) atoms. The Morgan fingerprint density at radius 2 is 2.26 bits per heavy atom. The second kappa shape index (κ2) is 5.88. The van der Waals surface area contributed by atoms with Crippen LogP contribution < -0.4 is 15.8 Å². The van der Waals surface area contributed by atoms with Crippen molar-refractivity contribution in [1.29, 1.82) is 0 Å². The van der Waals surface area contributed by atoms with Crippen LogP contribution in [0.3, 0.4) is 0 Å². The smallest absolute Gasteiger partial charge is 0.167 e. The molecule has 102 valence electrons. The highest BCUT2D eigenvalue weighted by Gasteiger charge is 2.09. The largest absolute Gasteiger partial charge is 0.491 e. The van der Waals surface area contributed by atoms with E-state index in [-0.39, 0.29) is 5.75 Å². The molecular formula is C13H16FN3OS. The van der Waals surface area contributed by atoms with Crippen molar-refractivity contribution in [3.63, 3.8) is 0 Å². The van der Waals surface area contributed by atoms with E-state index in [9.17, 15) is 4.39 Å². The van der Waals surface area contributed by atoms with E-state index in [0.717, 1.165) is 9.88 Å². The van der Waals surface area contributed by atoms with E-state index >= 15 is 0 Å². The highest BCUT2D eigenvalue weighted by molar-refractivity contribution is 7.11. The summed E-state index contributed by atoms with van der Waals surface area (Å²) >= 11 is 1.61. The molecule has 0 bridgehead atoms. The van der Waals surface area contributed by atoms with E-state index in [0.29, 0.717) is 24.5 Å². The first-order chi connectivity index (χ1) is 9.10. The van der Waals surface area contributed by atoms with E-state index in [2.05, 4.69) is 10.3 Å². The molecule has 2 aromatic rings. The molecule has 6 heteroatoms. The summed E-state index contributed by atoms with van der Waals surface area (Å²) in [5, 5.41) is 4.10. The Kier molecular flexibility index (Phi) is 4.21. The zero-order valence-electron chi connectivity index (χ0n) is 10.9. The third-order valence-electron chi connectivity index (χ3n) is 2.50. The maximum absolute atomic E-state index is 13.5. The van der Waals surface area contributed by atoms with Crippen molar-refractivity contribution in [3.05, 3.63) is 34.0 Å². The lowest BCUT2D eigenvalue weighted by Crippen LogP contribution is -2.04. The van der Waals surface area contributed by atoms with Crippen LogP contribution in [0.15, 0.2) is 18.3 Å². The Morgan fingerprint density at radius 1 is 1.47 bits per heavy atom. The summed E-state index contributed by atoms with van der Waals surface area (Å²) in [5.41, 5.74) is 6.79. The van der Waals surface area contributed by atoms with E-state index in [4.69, 9.17) is 10.5 Å². The van der Waals surface area contributed by atoms with Gasteiger partial charge in [0.1, 0.15) is 5.01 Å². The Labute approximate surface area is 115 Å². The third kappa shape index (κ3) is 3.35. The Balaban J connectivity index is 2.13. The molecule has 0 unspecified atom stereocenters. The van der Waals surface area contributed by atoms with Gasteiger partial charge < -0.3 is 15.8 Å².